The molecule has 0 radical (unpaired) electrons. The lowest BCUT2D eigenvalue weighted by atomic mass is 9.99. The molecule has 2 aromatic rings. The van der Waals surface area contributed by atoms with E-state index in [1.807, 2.05) is 0 Å². The van der Waals surface area contributed by atoms with Gasteiger partial charge in [-0.3, -0.25) is 34.5 Å². The smallest absolute Gasteiger partial charge is 0.417 e. The van der Waals surface area contributed by atoms with Crippen molar-refractivity contribution in [2.24, 2.45) is 0 Å². The van der Waals surface area contributed by atoms with Gasteiger partial charge < -0.3 is 44.7 Å². The molecule has 30 heteroatoms. The summed E-state index contributed by atoms with van der Waals surface area (Å²) in [5.74, 6) is -3.10. The zero-order valence-electron chi connectivity index (χ0n) is 21.8. The molecule has 2 fully saturated rings. The summed E-state index contributed by atoms with van der Waals surface area (Å²) in [5, 5.41) is 45.4. The largest absolute Gasteiger partial charge is 0.490 e. The lowest BCUT2D eigenvalue weighted by Crippen LogP contribution is -2.50. The van der Waals surface area contributed by atoms with E-state index < -0.39 is 92.3 Å². The van der Waals surface area contributed by atoms with Crippen molar-refractivity contribution in [2.45, 2.75) is 30.3 Å². The first kappa shape index (κ1) is 33.6. The molecule has 0 aromatic carbocycles. The Labute approximate surface area is 251 Å². The number of rotatable bonds is 10. The Balaban J connectivity index is 1.54. The van der Waals surface area contributed by atoms with E-state index >= 15 is 0 Å². The van der Waals surface area contributed by atoms with Crippen molar-refractivity contribution >= 4 is 46.2 Å². The zero-order valence-corrected chi connectivity index (χ0v) is 24.5. The lowest BCUT2D eigenvalue weighted by Gasteiger charge is -2.27. The monoisotopic (exact) mass is 718 g/mol. The Morgan fingerprint density at radius 1 is 0.978 bits per heavy atom. The molecule has 5 rings (SSSR count). The van der Waals surface area contributed by atoms with E-state index in [0.717, 1.165) is 17.2 Å². The molecule has 1 aliphatic carbocycles. The van der Waals surface area contributed by atoms with E-state index in [0.29, 0.717) is 12.2 Å². The number of nitrogen functional groups attached to an aromatic ring is 1. The molecule has 0 amide bonds. The average Bonchev–Trinajstić information content (AvgIpc) is 3.58. The molecular weight excluding hydrogens is 701 g/mol. The van der Waals surface area contributed by atoms with Crippen LogP contribution in [0.5, 0.6) is 0 Å². The molecule has 2 aromatic heterocycles. The quantitative estimate of drug-likeness (QED) is 0.0552. The number of nitrogens with zero attached hydrogens (tertiary/aromatic N) is 7. The van der Waals surface area contributed by atoms with Crippen LogP contribution in [0.25, 0.3) is 11.2 Å². The topological polar surface area (TPSA) is 390 Å². The molecule has 7 unspecified atom stereocenters. The SMILES string of the molecule is Nc1ncnc2c1ncn2C1OC(COP(=O)(O)OP(=O)(O)OP(=O)(O)O)C2OC3(OC21)C([N+](=O)[O-])=CC([N+](=O)[O-])=CC3=[N+]([O-])O. The van der Waals surface area contributed by atoms with Gasteiger partial charge in [0.25, 0.3) is 5.70 Å². The number of nitro groups is 2. The third-order valence-corrected chi connectivity index (χ3v) is 10.0. The third-order valence-electron chi connectivity index (χ3n) is 6.23. The van der Waals surface area contributed by atoms with Crippen LogP contribution in [0.3, 0.4) is 0 Å². The van der Waals surface area contributed by atoms with Crippen molar-refractivity contribution in [1.29, 1.82) is 0 Å². The van der Waals surface area contributed by atoms with Gasteiger partial charge in [-0.2, -0.15) is 8.62 Å². The van der Waals surface area contributed by atoms with Gasteiger partial charge in [0.05, 0.1) is 34.9 Å². The molecule has 2 saturated heterocycles. The minimum absolute atomic E-state index is 0.0171. The van der Waals surface area contributed by atoms with Crippen molar-refractivity contribution in [3.63, 3.8) is 0 Å². The van der Waals surface area contributed by atoms with Crippen molar-refractivity contribution in [2.75, 3.05) is 12.3 Å². The number of anilines is 1. The minimum atomic E-state index is -5.93. The predicted octanol–water partition coefficient (Wildman–Crippen LogP) is -1.20. The summed E-state index contributed by atoms with van der Waals surface area (Å²) in [4.78, 5) is 68.8. The van der Waals surface area contributed by atoms with E-state index in [2.05, 4.69) is 28.1 Å². The first-order valence-corrected chi connectivity index (χ1v) is 16.2. The second-order valence-electron chi connectivity index (χ2n) is 9.09. The molecule has 46 heavy (non-hydrogen) atoms. The number of allylic oxidation sites excluding steroid dienone is 1. The number of hydrogen-bond donors (Lipinski definition) is 6. The van der Waals surface area contributed by atoms with Crippen molar-refractivity contribution in [3.8, 4) is 0 Å². The van der Waals surface area contributed by atoms with E-state index in [9.17, 15) is 54.1 Å². The molecule has 7 atom stereocenters. The number of aromatic nitrogens is 4. The Bertz CT molecular complexity index is 1870. The fourth-order valence-electron chi connectivity index (χ4n) is 4.62. The first-order chi connectivity index (χ1) is 21.2. The molecule has 2 aliphatic heterocycles. The lowest BCUT2D eigenvalue weighted by molar-refractivity contribution is -0.729. The number of nitrogens with two attached hydrogens (primary N) is 1. The van der Waals surface area contributed by atoms with E-state index in [1.54, 1.807) is 0 Å². The summed E-state index contributed by atoms with van der Waals surface area (Å²) in [6.07, 6.45) is -3.71. The summed E-state index contributed by atoms with van der Waals surface area (Å²) < 4.78 is 65.4. The second kappa shape index (κ2) is 11.5. The van der Waals surface area contributed by atoms with Gasteiger partial charge in [-0.25, -0.2) is 28.6 Å². The van der Waals surface area contributed by atoms with Crippen LogP contribution in [0.1, 0.15) is 6.23 Å². The molecular formula is C16H17N8O19P3. The molecule has 1 spiro atoms. The van der Waals surface area contributed by atoms with Crippen LogP contribution in [0, 0.1) is 25.4 Å². The summed E-state index contributed by atoms with van der Waals surface area (Å²) in [6.45, 7) is -1.19. The molecule has 250 valence electrons. The van der Waals surface area contributed by atoms with Gasteiger partial charge in [0.15, 0.2) is 17.7 Å². The van der Waals surface area contributed by atoms with Crippen molar-refractivity contribution in [1.82, 2.24) is 19.5 Å². The number of ether oxygens (including phenoxy) is 3. The predicted molar refractivity (Wildman–Crippen MR) is 137 cm³/mol. The molecule has 3 aliphatic rings. The van der Waals surface area contributed by atoms with E-state index in [1.165, 1.54) is 0 Å². The second-order valence-corrected chi connectivity index (χ2v) is 13.5. The maximum Gasteiger partial charge on any atom is 0.490 e. The summed E-state index contributed by atoms with van der Waals surface area (Å²) in [7, 11) is -17.4. The average molecular weight is 718 g/mol. The Morgan fingerprint density at radius 3 is 2.26 bits per heavy atom. The van der Waals surface area contributed by atoms with Gasteiger partial charge in [0.1, 0.15) is 30.2 Å². The minimum Gasteiger partial charge on any atom is -0.417 e. The molecule has 7 N–H and O–H groups in total. The highest BCUT2D eigenvalue weighted by molar-refractivity contribution is 7.66. The van der Waals surface area contributed by atoms with Crippen molar-refractivity contribution in [3.05, 3.63) is 61.6 Å². The van der Waals surface area contributed by atoms with Gasteiger partial charge in [-0.1, -0.05) is 0 Å². The third kappa shape index (κ3) is 6.27. The number of imidazole rings is 1. The van der Waals surface area contributed by atoms with Crippen LogP contribution >= 0.6 is 23.5 Å². The summed E-state index contributed by atoms with van der Waals surface area (Å²) >= 11 is 0. The van der Waals surface area contributed by atoms with Gasteiger partial charge >= 0.3 is 40.7 Å². The van der Waals surface area contributed by atoms with Gasteiger partial charge in [0.2, 0.25) is 0 Å². The van der Waals surface area contributed by atoms with Crippen molar-refractivity contribution < 1.29 is 80.6 Å². The number of hydrogen-bond acceptors (Lipinski definition) is 19. The highest BCUT2D eigenvalue weighted by atomic mass is 31.3. The van der Waals surface area contributed by atoms with Gasteiger partial charge in [-0.05, 0) is 0 Å². The molecule has 0 saturated carbocycles. The molecule has 4 heterocycles. The number of fused-ring (bicyclic) bond motifs is 2. The standard InChI is InChI=1S/C16H17N8O19P3/c17-13-10-14(19-4-18-13)21(5-20-10)15-12-11(7(39-15)3-38-45(34,35)43-46(36,37)42-44(31,32)33)40-16(41-12)8(23(27)28)1-6(22(25)26)2-9(16)24(29)30/h1-2,4-5,7,11-12,15H,3H2,(H,27,28)(H,34,35)(H,36,37)(H2,17,18,19)(H2,31,32,33). The van der Waals surface area contributed by atoms with Crippen LogP contribution in [-0.2, 0) is 41.1 Å². The Hall–Kier alpha value is -3.81. The molecule has 27 nitrogen and oxygen atoms in total. The normalized spacial score (nSPS) is 29.9. The molecule has 0 bridgehead atoms. The fraction of sp³-hybridized carbons (Fsp3) is 0.375. The summed E-state index contributed by atoms with van der Waals surface area (Å²) in [5.41, 5.74) is 2.29. The van der Waals surface area contributed by atoms with Crippen LogP contribution in [-0.4, -0.2) is 95.5 Å². The maximum atomic E-state index is 12.4. The highest BCUT2D eigenvalue weighted by Crippen LogP contribution is 2.66. The van der Waals surface area contributed by atoms with E-state index in [-0.39, 0.29) is 17.0 Å². The van der Waals surface area contributed by atoms with Crippen LogP contribution in [0.15, 0.2) is 36.2 Å². The van der Waals surface area contributed by atoms with E-state index in [4.69, 9.17) is 29.7 Å². The van der Waals surface area contributed by atoms with Gasteiger partial charge in [0, 0.05) is 4.90 Å². The Kier molecular flexibility index (Phi) is 8.36. The Morgan fingerprint density at radius 2 is 1.65 bits per heavy atom. The summed E-state index contributed by atoms with van der Waals surface area (Å²) in [6, 6.07) is 0. The number of phosphoric acid groups is 3. The maximum absolute atomic E-state index is 12.4. The van der Waals surface area contributed by atoms with Crippen LogP contribution in [0.2, 0.25) is 0 Å². The highest BCUT2D eigenvalue weighted by Gasteiger charge is 2.70. The van der Waals surface area contributed by atoms with Gasteiger partial charge in [-0.15, -0.1) is 0 Å². The fourth-order valence-corrected chi connectivity index (χ4v) is 7.65. The van der Waals surface area contributed by atoms with Crippen LogP contribution < -0.4 is 5.73 Å². The van der Waals surface area contributed by atoms with Crippen LogP contribution in [0.4, 0.5) is 5.82 Å². The zero-order chi connectivity index (χ0) is 34.0. The number of phosphoric ester groups is 1. The first-order valence-electron chi connectivity index (χ1n) is 11.7.